The second kappa shape index (κ2) is 38.5. The molecule has 0 radical (unpaired) electrons. The van der Waals surface area contributed by atoms with Gasteiger partial charge >= 0.3 is 48.3 Å². The minimum Gasteiger partial charge on any atom is -0.508 e. The molecule has 19 N–H and O–H groups in total. The van der Waals surface area contributed by atoms with Crippen LogP contribution in [0.15, 0.2) is 189 Å². The number of hydrogen-bond donors (Lipinski definition) is 18. The average molecular weight is 1630 g/mol. The minimum atomic E-state index is -5.55. The number of phenolic OH excluding ortho intramolecular Hbond substituents is 2. The average Bonchev–Trinajstić information content (AvgIpc) is 1.77. The van der Waals surface area contributed by atoms with E-state index in [4.69, 9.17) is 53.7 Å². The monoisotopic (exact) mass is 1630 g/mol. The molecular formula is C71H83N5O31P4+2. The number of pyridine rings is 2. The number of imide groups is 1. The van der Waals surface area contributed by atoms with E-state index >= 15 is 0 Å². The van der Waals surface area contributed by atoms with Gasteiger partial charge in [0.2, 0.25) is 5.91 Å². The highest BCUT2D eigenvalue weighted by Crippen LogP contribution is 2.69. The Bertz CT molecular complexity index is 5060. The van der Waals surface area contributed by atoms with E-state index in [-0.39, 0.29) is 112 Å². The second-order valence-electron chi connectivity index (χ2n) is 23.9. The molecule has 2 unspecified atom stereocenters. The zero-order valence-corrected chi connectivity index (χ0v) is 60.0. The Hall–Kier alpha value is -10.4. The fourth-order valence-electron chi connectivity index (χ4n) is 10.6. The smallest absolute Gasteiger partial charge is 0.369 e. The Morgan fingerprint density at radius 1 is 0.532 bits per heavy atom. The van der Waals surface area contributed by atoms with Crippen LogP contribution in [0.3, 0.4) is 0 Å². The molecule has 4 aromatic carbocycles. The molecule has 36 nitrogen and oxygen atoms in total. The highest BCUT2D eigenvalue weighted by molar-refractivity contribution is 7.72. The molecule has 1 saturated heterocycles. The van der Waals surface area contributed by atoms with Gasteiger partial charge in [-0.2, -0.15) is 0 Å². The van der Waals surface area contributed by atoms with Gasteiger partial charge in [0.05, 0.1) is 11.1 Å². The number of aromatic hydroxyl groups is 2. The van der Waals surface area contributed by atoms with Gasteiger partial charge in [-0.15, -0.1) is 5.06 Å². The Kier molecular flexibility index (Phi) is 32.2. The Morgan fingerprint density at radius 2 is 0.901 bits per heavy atom. The van der Waals surface area contributed by atoms with Gasteiger partial charge in [-0.1, -0.05) is 58.7 Å². The molecule has 2 aromatic heterocycles. The SMILES string of the molecule is C.C.C.CC(=O)NCC(O)C[n+]1cccc(CC(O)(P(=O)(O)O)P(=O)(O)O)c1.CC(=O)ON1C(=O)CCC1=O.NCC(O)C[n+]1cccc(CC(O)(P(=O)(O)O)P(=O)(O)O)c1.O=C(O)c1ccccc1-c1c2ccc(=O)cc-2oc2cc(O)ccc12.O=C(O)c1ccccc1-c1c2ccc(=O)cc-2oc2cc(O)ccc12. The molecule has 0 bridgehead atoms. The minimum absolute atomic E-state index is 0. The van der Waals surface area contributed by atoms with Gasteiger partial charge in [-0.25, -0.2) is 23.5 Å². The van der Waals surface area contributed by atoms with E-state index in [9.17, 15) is 97.5 Å². The highest BCUT2D eigenvalue weighted by Gasteiger charge is 2.60. The molecule has 596 valence electrons. The van der Waals surface area contributed by atoms with E-state index in [1.54, 1.807) is 60.7 Å². The number of hydroxylamine groups is 2. The molecule has 2 aliphatic carbocycles. The molecule has 5 aliphatic rings. The van der Waals surface area contributed by atoms with E-state index in [0.717, 1.165) is 6.92 Å². The number of nitrogens with one attached hydrogen (secondary N) is 1. The largest absolute Gasteiger partial charge is 0.508 e. The van der Waals surface area contributed by atoms with E-state index < -0.39 is 95.3 Å². The van der Waals surface area contributed by atoms with Crippen molar-refractivity contribution in [2.75, 3.05) is 13.1 Å². The number of nitrogens with two attached hydrogens (primary N) is 1. The van der Waals surface area contributed by atoms with Gasteiger partial charge < -0.3 is 105 Å². The molecule has 0 saturated carbocycles. The number of nitrogens with zero attached hydrogens (tertiary/aromatic N) is 3. The van der Waals surface area contributed by atoms with Crippen molar-refractivity contribution in [3.8, 4) is 56.4 Å². The van der Waals surface area contributed by atoms with Gasteiger partial charge in [0.1, 0.15) is 46.4 Å². The topological polar surface area (TPSA) is 613 Å². The summed E-state index contributed by atoms with van der Waals surface area (Å²) in [6.45, 7) is 2.46. The van der Waals surface area contributed by atoms with Gasteiger partial charge in [-0.3, -0.25) is 42.2 Å². The number of benzene rings is 6. The number of carbonyl (C=O) groups excluding carboxylic acids is 4. The lowest BCUT2D eigenvalue weighted by Crippen LogP contribution is -2.44. The number of aliphatic hydroxyl groups excluding tert-OH is 2. The number of rotatable bonds is 20. The molecule has 0 spiro atoms. The molecule has 1 fully saturated rings. The van der Waals surface area contributed by atoms with Crippen molar-refractivity contribution in [3.05, 3.63) is 213 Å². The molecule has 111 heavy (non-hydrogen) atoms. The normalized spacial score (nSPS) is 12.8. The van der Waals surface area contributed by atoms with E-state index in [1.165, 1.54) is 126 Å². The van der Waals surface area contributed by atoms with Crippen LogP contribution >= 0.6 is 30.4 Å². The summed E-state index contributed by atoms with van der Waals surface area (Å²) in [5.41, 5.74) is 9.57. The van der Waals surface area contributed by atoms with E-state index in [0.29, 0.717) is 71.9 Å². The van der Waals surface area contributed by atoms with Gasteiger partial charge in [0.25, 0.3) is 22.0 Å². The highest BCUT2D eigenvalue weighted by atomic mass is 31.2. The number of fused-ring (bicyclic) bond motifs is 4. The summed E-state index contributed by atoms with van der Waals surface area (Å²) in [5.74, 6) is -3.27. The van der Waals surface area contributed by atoms with Crippen molar-refractivity contribution in [2.45, 2.75) is 97.3 Å². The number of carboxylic acid groups (broad SMARTS) is 2. The summed E-state index contributed by atoms with van der Waals surface area (Å²) in [6, 6.07) is 36.9. The number of phenols is 2. The van der Waals surface area contributed by atoms with Crippen LogP contribution in [0.5, 0.6) is 11.5 Å². The maximum Gasteiger partial charge on any atom is 0.369 e. The van der Waals surface area contributed by atoms with Crippen LogP contribution in [-0.2, 0) is 68.2 Å². The predicted molar refractivity (Wildman–Crippen MR) is 398 cm³/mol. The lowest BCUT2D eigenvalue weighted by Gasteiger charge is -2.28. The van der Waals surface area contributed by atoms with E-state index in [1.807, 2.05) is 0 Å². The van der Waals surface area contributed by atoms with Crippen molar-refractivity contribution in [1.29, 1.82) is 0 Å². The van der Waals surface area contributed by atoms with Crippen molar-refractivity contribution >= 4 is 88.0 Å². The number of carboxylic acids is 2. The van der Waals surface area contributed by atoms with Gasteiger partial charge in [0.15, 0.2) is 48.7 Å². The molecule has 2 atom stereocenters. The summed E-state index contributed by atoms with van der Waals surface area (Å²) in [6.07, 6.45) is 2.07. The summed E-state index contributed by atoms with van der Waals surface area (Å²) >= 11 is 0. The Labute approximate surface area is 631 Å². The first-order chi connectivity index (χ1) is 50.4. The van der Waals surface area contributed by atoms with Crippen LogP contribution in [0, 0.1) is 0 Å². The second-order valence-corrected chi connectivity index (χ2v) is 31.9. The quantitative estimate of drug-likeness (QED) is 0.0199. The maximum absolute atomic E-state index is 11.7. The van der Waals surface area contributed by atoms with Crippen LogP contribution in [0.25, 0.3) is 66.8 Å². The van der Waals surface area contributed by atoms with Crippen molar-refractivity contribution in [3.63, 3.8) is 0 Å². The molecule has 5 heterocycles. The van der Waals surface area contributed by atoms with Crippen LogP contribution < -0.4 is 31.0 Å². The summed E-state index contributed by atoms with van der Waals surface area (Å²) in [4.78, 5) is 167. The summed E-state index contributed by atoms with van der Waals surface area (Å²) in [7, 11) is -22.1. The van der Waals surface area contributed by atoms with Crippen LogP contribution in [0.4, 0.5) is 0 Å². The number of aromatic carboxylic acids is 2. The van der Waals surface area contributed by atoms with E-state index in [2.05, 4.69) is 10.2 Å². The first-order valence-corrected chi connectivity index (χ1v) is 37.8. The summed E-state index contributed by atoms with van der Waals surface area (Å²) in [5, 5.41) is 74.8. The standard InChI is InChI=1S/2C20H12O5.C12H20N2O9P2.C10H18N2O8P2.C6H7NO4.3CH4/c2*21-11-5-7-15-17(9-11)25-18-10-12(22)6-8-16(18)19(15)13-3-1-2-4-14(13)20(23)24;1-9(15)13-6-11(16)8-14-4-2-3-10(7-14)5-12(17,24(18,19)20)25(21,22)23;11-5-9(13)7-12-3-1-2-8(6-12)4-10(14,21(15,16)17)22(18,19)20;1-4(8)11-7-5(9)2-3-6(7)10;;;/h2*1-10,21H,(H,23,24);2-4,7,11,16-17H,5-6,8H2,1H3,(H4-,13,15,18,19,20,21,22,23);1-3,6,9,13-14H,4-5,7,11H2,(H3-,15,16,17,18,19,20);2-3H2,1H3;3*1H4/p+2. The third-order valence-corrected chi connectivity index (χ3v) is 23.2. The maximum atomic E-state index is 11.7. The zero-order valence-electron chi connectivity index (χ0n) is 56.5. The number of aliphatic hydroxyl groups is 4. The molecule has 6 aromatic rings. The fourth-order valence-corrected chi connectivity index (χ4v) is 14.9. The van der Waals surface area contributed by atoms with Gasteiger partial charge in [-0.05, 0) is 83.9 Å². The molecular weight excluding hydrogens is 1540 g/mol. The number of hydrogen-bond acceptors (Lipinski definition) is 22. The molecule has 3 amide bonds. The third kappa shape index (κ3) is 23.3. The fraction of sp³-hybridized carbons (Fsp3) is 0.239. The number of amides is 3. The van der Waals surface area contributed by atoms with Crippen LogP contribution in [0.1, 0.15) is 80.8 Å². The van der Waals surface area contributed by atoms with Crippen molar-refractivity contribution in [2.24, 2.45) is 5.73 Å². The molecule has 3 aliphatic heterocycles. The summed E-state index contributed by atoms with van der Waals surface area (Å²) < 4.78 is 59.7. The number of carbonyl (C=O) groups is 6. The Balaban J connectivity index is 0.000000296. The Morgan fingerprint density at radius 3 is 1.24 bits per heavy atom. The molecule has 11 rings (SSSR count). The lowest BCUT2D eigenvalue weighted by atomic mass is 9.91. The third-order valence-electron chi connectivity index (χ3n) is 15.7. The lowest BCUT2D eigenvalue weighted by molar-refractivity contribution is -0.703. The number of aromatic nitrogens is 2. The zero-order chi connectivity index (χ0) is 80.2. The van der Waals surface area contributed by atoms with Gasteiger partial charge in [0, 0.05) is 133 Å². The molecule has 40 heteroatoms. The van der Waals surface area contributed by atoms with Crippen molar-refractivity contribution in [1.82, 2.24) is 10.4 Å². The predicted octanol–water partition coefficient (Wildman–Crippen LogP) is 5.31. The van der Waals surface area contributed by atoms with Crippen LogP contribution in [-0.4, -0.2) is 156 Å². The van der Waals surface area contributed by atoms with Crippen LogP contribution in [0.2, 0.25) is 0 Å². The first kappa shape index (κ1) is 93.0. The van der Waals surface area contributed by atoms with Crippen molar-refractivity contribution < 1.29 is 150 Å². The first-order valence-electron chi connectivity index (χ1n) is 31.4.